The highest BCUT2D eigenvalue weighted by Gasteiger charge is 2.23. The average Bonchev–Trinajstić information content (AvgIpc) is 2.15. The van der Waals surface area contributed by atoms with E-state index in [1.807, 2.05) is 6.92 Å². The van der Waals surface area contributed by atoms with Gasteiger partial charge in [-0.2, -0.15) is 0 Å². The van der Waals surface area contributed by atoms with E-state index < -0.39 is 0 Å². The number of hydrogen-bond donors (Lipinski definition) is 1. The molecule has 0 radical (unpaired) electrons. The van der Waals surface area contributed by atoms with Gasteiger partial charge in [0.15, 0.2) is 0 Å². The second-order valence-corrected chi connectivity index (χ2v) is 3.42. The van der Waals surface area contributed by atoms with Crippen LogP contribution in [0.15, 0.2) is 0 Å². The second kappa shape index (κ2) is 4.95. The van der Waals surface area contributed by atoms with Gasteiger partial charge in [-0.15, -0.1) is 0 Å². The molecule has 1 aliphatic rings. The summed E-state index contributed by atoms with van der Waals surface area (Å²) in [5, 5.41) is 2.49. The minimum atomic E-state index is -0.181. The van der Waals surface area contributed by atoms with Crippen LogP contribution in [0.25, 0.3) is 0 Å². The van der Waals surface area contributed by atoms with Crippen LogP contribution in [0.4, 0.5) is 0 Å². The lowest BCUT2D eigenvalue weighted by Gasteiger charge is -2.33. The lowest BCUT2D eigenvalue weighted by Crippen LogP contribution is -2.50. The van der Waals surface area contributed by atoms with E-state index in [1.165, 1.54) is 6.92 Å². The van der Waals surface area contributed by atoms with E-state index in [-0.39, 0.29) is 24.4 Å². The van der Waals surface area contributed by atoms with Crippen LogP contribution in [0.5, 0.6) is 0 Å². The molecule has 1 unspecified atom stereocenters. The molecule has 0 spiro atoms. The Morgan fingerprint density at radius 2 is 2.29 bits per heavy atom. The molecule has 0 saturated carbocycles. The molecule has 0 aromatic carbocycles. The van der Waals surface area contributed by atoms with Crippen molar-refractivity contribution in [3.8, 4) is 0 Å². The van der Waals surface area contributed by atoms with Gasteiger partial charge in [-0.25, -0.2) is 0 Å². The van der Waals surface area contributed by atoms with Crippen molar-refractivity contribution in [2.45, 2.75) is 19.9 Å². The summed E-state index contributed by atoms with van der Waals surface area (Å²) in [6.07, 6.45) is 0. The summed E-state index contributed by atoms with van der Waals surface area (Å²) >= 11 is 0. The summed E-state index contributed by atoms with van der Waals surface area (Å²) in [5.74, 6) is -0.227. The molecule has 14 heavy (non-hydrogen) atoms. The van der Waals surface area contributed by atoms with E-state index >= 15 is 0 Å². The van der Waals surface area contributed by atoms with Gasteiger partial charge in [0.05, 0.1) is 25.8 Å². The number of rotatable bonds is 2. The molecular weight excluding hydrogens is 184 g/mol. The molecule has 0 aromatic rings. The van der Waals surface area contributed by atoms with Gasteiger partial charge in [-0.3, -0.25) is 9.59 Å². The number of ether oxygens (including phenoxy) is 1. The van der Waals surface area contributed by atoms with Gasteiger partial charge in [-0.1, -0.05) is 0 Å². The maximum Gasteiger partial charge on any atom is 0.242 e. The number of carbonyl (C=O) groups excluding carboxylic acids is 2. The van der Waals surface area contributed by atoms with Crippen molar-refractivity contribution in [1.82, 2.24) is 10.2 Å². The summed E-state index contributed by atoms with van der Waals surface area (Å²) in [6, 6.07) is 0.102. The minimum absolute atomic E-state index is 0.0454. The quantitative estimate of drug-likeness (QED) is 0.645. The summed E-state index contributed by atoms with van der Waals surface area (Å²) < 4.78 is 5.21. The van der Waals surface area contributed by atoms with Gasteiger partial charge in [-0.05, 0) is 6.92 Å². The highest BCUT2D eigenvalue weighted by molar-refractivity contribution is 5.83. The van der Waals surface area contributed by atoms with Gasteiger partial charge in [0, 0.05) is 13.5 Å². The largest absolute Gasteiger partial charge is 0.377 e. The monoisotopic (exact) mass is 200 g/mol. The molecule has 1 rings (SSSR count). The Bertz CT molecular complexity index is 230. The molecule has 2 amide bonds. The molecular formula is C9H16N2O3. The molecule has 1 atom stereocenters. The number of carbonyl (C=O) groups is 2. The van der Waals surface area contributed by atoms with E-state index in [4.69, 9.17) is 4.74 Å². The Hall–Kier alpha value is -1.10. The normalized spacial score (nSPS) is 21.9. The van der Waals surface area contributed by atoms with Crippen molar-refractivity contribution in [2.75, 3.05) is 26.3 Å². The molecule has 0 aliphatic carbocycles. The number of hydrogen-bond acceptors (Lipinski definition) is 3. The first kappa shape index (κ1) is 11.0. The number of nitrogens with zero attached hydrogens (tertiary/aromatic N) is 1. The Morgan fingerprint density at radius 1 is 1.57 bits per heavy atom. The minimum Gasteiger partial charge on any atom is -0.377 e. The Labute approximate surface area is 83.4 Å². The van der Waals surface area contributed by atoms with Crippen molar-refractivity contribution < 1.29 is 14.3 Å². The highest BCUT2D eigenvalue weighted by Crippen LogP contribution is 2.05. The zero-order chi connectivity index (χ0) is 10.6. The average molecular weight is 200 g/mol. The highest BCUT2D eigenvalue weighted by atomic mass is 16.5. The van der Waals surface area contributed by atoms with Crippen LogP contribution in [0, 0.1) is 0 Å². The Kier molecular flexibility index (Phi) is 3.88. The third-order valence-corrected chi connectivity index (χ3v) is 2.18. The topological polar surface area (TPSA) is 58.6 Å². The van der Waals surface area contributed by atoms with Gasteiger partial charge in [0.1, 0.15) is 0 Å². The summed E-state index contributed by atoms with van der Waals surface area (Å²) in [5.41, 5.74) is 0. The first-order valence-corrected chi connectivity index (χ1v) is 4.73. The SMILES string of the molecule is CC(=O)NCC(=O)N1CCOCC1C. The first-order chi connectivity index (χ1) is 6.61. The molecule has 1 fully saturated rings. The maximum absolute atomic E-state index is 11.6. The van der Waals surface area contributed by atoms with Crippen molar-refractivity contribution >= 4 is 11.8 Å². The van der Waals surface area contributed by atoms with Crippen LogP contribution in [0.1, 0.15) is 13.8 Å². The number of amides is 2. The van der Waals surface area contributed by atoms with Crippen molar-refractivity contribution in [3.63, 3.8) is 0 Å². The van der Waals surface area contributed by atoms with E-state index in [9.17, 15) is 9.59 Å². The molecule has 0 bridgehead atoms. The fourth-order valence-corrected chi connectivity index (χ4v) is 1.40. The summed E-state index contributed by atoms with van der Waals surface area (Å²) in [6.45, 7) is 5.18. The number of morpholine rings is 1. The lowest BCUT2D eigenvalue weighted by atomic mass is 10.2. The van der Waals surface area contributed by atoms with Gasteiger partial charge in [0.25, 0.3) is 0 Å². The predicted molar refractivity (Wildman–Crippen MR) is 50.7 cm³/mol. The molecule has 1 aliphatic heterocycles. The maximum atomic E-state index is 11.6. The zero-order valence-corrected chi connectivity index (χ0v) is 8.58. The fourth-order valence-electron chi connectivity index (χ4n) is 1.40. The molecule has 1 N–H and O–H groups in total. The summed E-state index contributed by atoms with van der Waals surface area (Å²) in [4.78, 5) is 23.9. The third kappa shape index (κ3) is 2.99. The summed E-state index contributed by atoms with van der Waals surface area (Å²) in [7, 11) is 0. The molecule has 0 aromatic heterocycles. The predicted octanol–water partition coefficient (Wildman–Crippen LogP) is -0.630. The van der Waals surface area contributed by atoms with Gasteiger partial charge >= 0.3 is 0 Å². The Balaban J connectivity index is 2.38. The van der Waals surface area contributed by atoms with Gasteiger partial charge in [0.2, 0.25) is 11.8 Å². The first-order valence-electron chi connectivity index (χ1n) is 4.73. The molecule has 1 saturated heterocycles. The Morgan fingerprint density at radius 3 is 2.86 bits per heavy atom. The van der Waals surface area contributed by atoms with Crippen LogP contribution >= 0.6 is 0 Å². The standard InChI is InChI=1S/C9H16N2O3/c1-7-6-14-4-3-11(7)9(13)5-10-8(2)12/h7H,3-6H2,1-2H3,(H,10,12). The smallest absolute Gasteiger partial charge is 0.242 e. The van der Waals surface area contributed by atoms with Gasteiger partial charge < -0.3 is 15.0 Å². The number of nitrogens with one attached hydrogen (secondary N) is 1. The van der Waals surface area contributed by atoms with E-state index in [2.05, 4.69) is 5.32 Å². The molecule has 1 heterocycles. The van der Waals surface area contributed by atoms with Crippen molar-refractivity contribution in [3.05, 3.63) is 0 Å². The van der Waals surface area contributed by atoms with E-state index in [1.54, 1.807) is 4.90 Å². The fraction of sp³-hybridized carbons (Fsp3) is 0.778. The molecule has 5 nitrogen and oxygen atoms in total. The zero-order valence-electron chi connectivity index (χ0n) is 8.58. The van der Waals surface area contributed by atoms with Crippen LogP contribution < -0.4 is 5.32 Å². The van der Waals surface area contributed by atoms with Crippen LogP contribution in [-0.4, -0.2) is 49.1 Å². The van der Waals surface area contributed by atoms with E-state index in [0.29, 0.717) is 19.8 Å². The van der Waals surface area contributed by atoms with Crippen LogP contribution in [0.2, 0.25) is 0 Å². The van der Waals surface area contributed by atoms with Crippen LogP contribution in [-0.2, 0) is 14.3 Å². The third-order valence-electron chi connectivity index (χ3n) is 2.18. The second-order valence-electron chi connectivity index (χ2n) is 3.42. The van der Waals surface area contributed by atoms with Crippen LogP contribution in [0.3, 0.4) is 0 Å². The molecule has 80 valence electrons. The van der Waals surface area contributed by atoms with Crippen molar-refractivity contribution in [2.24, 2.45) is 0 Å². The lowest BCUT2D eigenvalue weighted by molar-refractivity contribution is -0.139. The molecule has 5 heteroatoms. The van der Waals surface area contributed by atoms with Crippen molar-refractivity contribution in [1.29, 1.82) is 0 Å². The van der Waals surface area contributed by atoms with E-state index in [0.717, 1.165) is 0 Å².